The molecule has 3 rings (SSSR count). The van der Waals surface area contributed by atoms with Gasteiger partial charge in [-0.2, -0.15) is 18.3 Å². The average Bonchev–Trinajstić information content (AvgIpc) is 2.93. The first-order chi connectivity index (χ1) is 12.1. The summed E-state index contributed by atoms with van der Waals surface area (Å²) in [7, 11) is 0. The molecule has 26 heavy (non-hydrogen) atoms. The van der Waals surface area contributed by atoms with E-state index in [9.17, 15) is 18.0 Å². The molecule has 0 saturated heterocycles. The maximum atomic E-state index is 10.9. The van der Waals surface area contributed by atoms with Crippen molar-refractivity contribution < 1.29 is 33.0 Å². The van der Waals surface area contributed by atoms with E-state index in [0.717, 1.165) is 24.5 Å². The van der Waals surface area contributed by atoms with Crippen LogP contribution < -0.4 is 4.90 Å². The number of anilines is 1. The fraction of sp³-hybridized carbons (Fsp3) is 0.357. The van der Waals surface area contributed by atoms with Gasteiger partial charge in [-0.1, -0.05) is 0 Å². The number of carboxylic acid groups (broad SMARTS) is 2. The van der Waals surface area contributed by atoms with Crippen LogP contribution in [0.15, 0.2) is 18.3 Å². The van der Waals surface area contributed by atoms with Crippen molar-refractivity contribution in [1.29, 1.82) is 0 Å². The number of halogens is 3. The Hall–Kier alpha value is -3.18. The summed E-state index contributed by atoms with van der Waals surface area (Å²) >= 11 is 0. The topological polar surface area (TPSA) is 121 Å². The minimum absolute atomic E-state index is 0.0141. The van der Waals surface area contributed by atoms with E-state index in [-0.39, 0.29) is 5.69 Å². The van der Waals surface area contributed by atoms with Gasteiger partial charge in [-0.25, -0.2) is 19.6 Å². The van der Waals surface area contributed by atoms with Crippen LogP contribution in [0.5, 0.6) is 0 Å². The lowest BCUT2D eigenvalue weighted by Crippen LogP contribution is -2.35. The highest BCUT2D eigenvalue weighted by Gasteiger charge is 2.38. The van der Waals surface area contributed by atoms with Crippen LogP contribution >= 0.6 is 0 Å². The Morgan fingerprint density at radius 3 is 2.46 bits per heavy atom. The molecular formula is C14H14F3N5O4. The number of hydrogen-bond acceptors (Lipinski definition) is 6. The van der Waals surface area contributed by atoms with Crippen molar-refractivity contribution in [3.05, 3.63) is 35.4 Å². The van der Waals surface area contributed by atoms with Gasteiger partial charge in [0, 0.05) is 12.7 Å². The van der Waals surface area contributed by atoms with Gasteiger partial charge in [0.15, 0.2) is 5.69 Å². The highest BCUT2D eigenvalue weighted by Crippen LogP contribution is 2.18. The van der Waals surface area contributed by atoms with Crippen molar-refractivity contribution in [3.8, 4) is 0 Å². The number of aliphatic carboxylic acids is 1. The van der Waals surface area contributed by atoms with Gasteiger partial charge in [-0.15, -0.1) is 0 Å². The first-order valence-corrected chi connectivity index (χ1v) is 7.22. The maximum Gasteiger partial charge on any atom is 0.490 e. The Labute approximate surface area is 144 Å². The summed E-state index contributed by atoms with van der Waals surface area (Å²) in [6, 6.07) is 3.41. The lowest BCUT2D eigenvalue weighted by atomic mass is 10.3. The van der Waals surface area contributed by atoms with E-state index in [1.807, 2.05) is 22.6 Å². The molecule has 0 unspecified atom stereocenters. The molecule has 140 valence electrons. The van der Waals surface area contributed by atoms with E-state index in [1.54, 1.807) is 0 Å². The Morgan fingerprint density at radius 1 is 1.23 bits per heavy atom. The molecule has 0 spiro atoms. The molecule has 0 aromatic carbocycles. The van der Waals surface area contributed by atoms with Gasteiger partial charge in [-0.3, -0.25) is 4.68 Å². The van der Waals surface area contributed by atoms with Gasteiger partial charge in [0.2, 0.25) is 5.95 Å². The largest absolute Gasteiger partial charge is 0.490 e. The molecular weight excluding hydrogens is 359 g/mol. The zero-order chi connectivity index (χ0) is 19.5. The van der Waals surface area contributed by atoms with Gasteiger partial charge >= 0.3 is 18.1 Å². The van der Waals surface area contributed by atoms with Gasteiger partial charge in [0.05, 0.1) is 24.5 Å². The highest BCUT2D eigenvalue weighted by molar-refractivity contribution is 5.85. The van der Waals surface area contributed by atoms with Gasteiger partial charge in [-0.05, 0) is 19.1 Å². The van der Waals surface area contributed by atoms with E-state index in [1.165, 1.54) is 12.3 Å². The second kappa shape index (κ2) is 7.37. The molecule has 9 nitrogen and oxygen atoms in total. The number of alkyl halides is 3. The van der Waals surface area contributed by atoms with E-state index < -0.39 is 18.1 Å². The zero-order valence-electron chi connectivity index (χ0n) is 13.4. The third-order valence-electron chi connectivity index (χ3n) is 3.31. The minimum atomic E-state index is -5.08. The second-order valence-electron chi connectivity index (χ2n) is 5.27. The molecule has 0 bridgehead atoms. The van der Waals surface area contributed by atoms with E-state index >= 15 is 0 Å². The summed E-state index contributed by atoms with van der Waals surface area (Å²) in [6.45, 7) is 4.07. The summed E-state index contributed by atoms with van der Waals surface area (Å²) in [4.78, 5) is 30.0. The Kier molecular flexibility index (Phi) is 5.43. The highest BCUT2D eigenvalue weighted by atomic mass is 19.4. The van der Waals surface area contributed by atoms with Crippen LogP contribution in [0.4, 0.5) is 19.1 Å². The number of aromatic nitrogens is 4. The summed E-state index contributed by atoms with van der Waals surface area (Å²) < 4.78 is 33.7. The first-order valence-electron chi connectivity index (χ1n) is 7.22. The molecule has 2 aromatic rings. The Bertz CT molecular complexity index is 821. The summed E-state index contributed by atoms with van der Waals surface area (Å²) in [5.41, 5.74) is 2.09. The van der Waals surface area contributed by atoms with Crippen molar-refractivity contribution in [1.82, 2.24) is 19.7 Å². The molecule has 1 aliphatic rings. The van der Waals surface area contributed by atoms with Gasteiger partial charge in [0.25, 0.3) is 0 Å². The zero-order valence-corrected chi connectivity index (χ0v) is 13.4. The number of carboxylic acids is 2. The lowest BCUT2D eigenvalue weighted by molar-refractivity contribution is -0.192. The minimum Gasteiger partial charge on any atom is -0.477 e. The maximum absolute atomic E-state index is 10.9. The number of hydrogen-bond donors (Lipinski definition) is 2. The molecule has 0 amide bonds. The van der Waals surface area contributed by atoms with Crippen LogP contribution in [-0.4, -0.2) is 54.6 Å². The number of carbonyl (C=O) groups is 2. The SMILES string of the molecule is Cc1cc2n(n1)CCN(c1nccc(C(=O)O)n1)C2.O=C(O)C(F)(F)F. The Balaban J connectivity index is 0.000000298. The third kappa shape index (κ3) is 4.68. The molecule has 12 heteroatoms. The fourth-order valence-electron chi connectivity index (χ4n) is 2.20. The number of aryl methyl sites for hydroxylation is 1. The standard InChI is InChI=1S/C12H13N5O2.C2HF3O2/c1-8-6-9-7-16(4-5-17(9)15-8)12-13-3-2-10(14-12)11(18)19;3-2(4,5)1(6)7/h2-3,6H,4-5,7H2,1H3,(H,18,19);(H,6,7). The summed E-state index contributed by atoms with van der Waals surface area (Å²) in [6.07, 6.45) is -3.61. The quantitative estimate of drug-likeness (QED) is 0.809. The van der Waals surface area contributed by atoms with Crippen molar-refractivity contribution in [3.63, 3.8) is 0 Å². The predicted molar refractivity (Wildman–Crippen MR) is 80.7 cm³/mol. The molecule has 0 aliphatic carbocycles. The number of nitrogens with zero attached hydrogens (tertiary/aromatic N) is 5. The van der Waals surface area contributed by atoms with E-state index in [4.69, 9.17) is 15.0 Å². The molecule has 0 saturated carbocycles. The van der Waals surface area contributed by atoms with Crippen molar-refractivity contribution in [2.24, 2.45) is 0 Å². The van der Waals surface area contributed by atoms with E-state index in [2.05, 4.69) is 15.1 Å². The van der Waals surface area contributed by atoms with Crippen LogP contribution in [-0.2, 0) is 17.9 Å². The summed E-state index contributed by atoms with van der Waals surface area (Å²) in [5.74, 6) is -3.35. The smallest absolute Gasteiger partial charge is 0.477 e. The third-order valence-corrected chi connectivity index (χ3v) is 3.31. The van der Waals surface area contributed by atoms with Crippen LogP contribution in [0.1, 0.15) is 21.9 Å². The molecule has 0 radical (unpaired) electrons. The monoisotopic (exact) mass is 373 g/mol. The van der Waals surface area contributed by atoms with E-state index in [0.29, 0.717) is 12.5 Å². The number of rotatable bonds is 2. The van der Waals surface area contributed by atoms with Crippen molar-refractivity contribution in [2.45, 2.75) is 26.2 Å². The van der Waals surface area contributed by atoms with Crippen LogP contribution in [0.3, 0.4) is 0 Å². The number of fused-ring (bicyclic) bond motifs is 1. The molecule has 2 N–H and O–H groups in total. The van der Waals surface area contributed by atoms with Crippen molar-refractivity contribution in [2.75, 3.05) is 11.4 Å². The molecule has 3 heterocycles. The van der Waals surface area contributed by atoms with Crippen molar-refractivity contribution >= 4 is 17.9 Å². The average molecular weight is 373 g/mol. The van der Waals surface area contributed by atoms with Gasteiger partial charge < -0.3 is 15.1 Å². The number of aromatic carboxylic acids is 1. The molecule has 0 atom stereocenters. The van der Waals surface area contributed by atoms with Crippen LogP contribution in [0, 0.1) is 6.92 Å². The Morgan fingerprint density at radius 2 is 1.88 bits per heavy atom. The molecule has 2 aromatic heterocycles. The van der Waals surface area contributed by atoms with Gasteiger partial charge in [0.1, 0.15) is 0 Å². The normalized spacial score (nSPS) is 13.5. The second-order valence-corrected chi connectivity index (χ2v) is 5.27. The van der Waals surface area contributed by atoms with Crippen LogP contribution in [0.2, 0.25) is 0 Å². The molecule has 1 aliphatic heterocycles. The first kappa shape index (κ1) is 19.1. The lowest BCUT2D eigenvalue weighted by Gasteiger charge is -2.27. The molecule has 0 fully saturated rings. The summed E-state index contributed by atoms with van der Waals surface area (Å²) in [5, 5.41) is 20.5. The predicted octanol–water partition coefficient (Wildman–Crippen LogP) is 1.33. The van der Waals surface area contributed by atoms with Crippen LogP contribution in [0.25, 0.3) is 0 Å². The fourth-order valence-corrected chi connectivity index (χ4v) is 2.20.